The second-order valence-corrected chi connectivity index (χ2v) is 4.16. The fourth-order valence-corrected chi connectivity index (χ4v) is 1.75. The molecule has 0 aliphatic carbocycles. The number of carbonyl (C=O) groups is 1. The molecule has 1 unspecified atom stereocenters. The summed E-state index contributed by atoms with van der Waals surface area (Å²) in [5, 5.41) is 12.5. The number of carbonyl (C=O) groups excluding carboxylic acids is 1. The number of hydrogen-bond donors (Lipinski definition) is 3. The van der Waals surface area contributed by atoms with Gasteiger partial charge in [-0.3, -0.25) is 4.79 Å². The molecule has 0 saturated heterocycles. The molecule has 0 spiro atoms. The van der Waals surface area contributed by atoms with E-state index in [0.717, 1.165) is 12.8 Å². The highest BCUT2D eigenvalue weighted by Gasteiger charge is 2.16. The first-order chi connectivity index (χ1) is 8.60. The Morgan fingerprint density at radius 2 is 2.28 bits per heavy atom. The summed E-state index contributed by atoms with van der Waals surface area (Å²) in [6.07, 6.45) is 1.76. The summed E-state index contributed by atoms with van der Waals surface area (Å²) in [4.78, 5) is 12.0. The molecule has 1 amide bonds. The van der Waals surface area contributed by atoms with Gasteiger partial charge in [0.1, 0.15) is 0 Å². The third-order valence-corrected chi connectivity index (χ3v) is 2.65. The molecule has 0 saturated carbocycles. The molecule has 0 radical (unpaired) electrons. The Hall–Kier alpha value is -1.75. The minimum absolute atomic E-state index is 0.0617. The number of phenols is 1. The predicted octanol–water partition coefficient (Wildman–Crippen LogP) is 1.52. The van der Waals surface area contributed by atoms with Crippen LogP contribution in [0.15, 0.2) is 18.2 Å². The van der Waals surface area contributed by atoms with Crippen LogP contribution in [0.4, 0.5) is 5.69 Å². The smallest absolute Gasteiger partial charge is 0.255 e. The van der Waals surface area contributed by atoms with E-state index >= 15 is 0 Å². The van der Waals surface area contributed by atoms with E-state index in [0.29, 0.717) is 6.61 Å². The second kappa shape index (κ2) is 6.86. The van der Waals surface area contributed by atoms with Crippen molar-refractivity contribution in [2.45, 2.75) is 25.8 Å². The molecule has 0 aromatic heterocycles. The van der Waals surface area contributed by atoms with Crippen molar-refractivity contribution in [1.82, 2.24) is 5.32 Å². The van der Waals surface area contributed by atoms with E-state index in [-0.39, 0.29) is 28.9 Å². The number of ether oxygens (including phenoxy) is 1. The Morgan fingerprint density at radius 1 is 1.56 bits per heavy atom. The maximum Gasteiger partial charge on any atom is 0.255 e. The number of rotatable bonds is 6. The van der Waals surface area contributed by atoms with Crippen LogP contribution in [0.5, 0.6) is 5.75 Å². The molecule has 18 heavy (non-hydrogen) atoms. The summed E-state index contributed by atoms with van der Waals surface area (Å²) in [7, 11) is 1.59. The molecule has 0 aliphatic heterocycles. The summed E-state index contributed by atoms with van der Waals surface area (Å²) in [6, 6.07) is 4.66. The summed E-state index contributed by atoms with van der Waals surface area (Å²) >= 11 is 0. The van der Waals surface area contributed by atoms with Gasteiger partial charge in [0.05, 0.1) is 23.9 Å². The zero-order valence-electron chi connectivity index (χ0n) is 10.8. The first-order valence-corrected chi connectivity index (χ1v) is 5.97. The van der Waals surface area contributed by atoms with Crippen molar-refractivity contribution in [2.24, 2.45) is 0 Å². The molecule has 1 aromatic carbocycles. The van der Waals surface area contributed by atoms with E-state index < -0.39 is 0 Å². The summed E-state index contributed by atoms with van der Waals surface area (Å²) < 4.78 is 5.05. The van der Waals surface area contributed by atoms with Crippen LogP contribution < -0.4 is 11.1 Å². The summed E-state index contributed by atoms with van der Waals surface area (Å²) in [5.41, 5.74) is 5.93. The Morgan fingerprint density at radius 3 is 2.89 bits per heavy atom. The lowest BCUT2D eigenvalue weighted by Gasteiger charge is -2.17. The third-order valence-electron chi connectivity index (χ3n) is 2.65. The van der Waals surface area contributed by atoms with E-state index in [4.69, 9.17) is 10.5 Å². The molecule has 100 valence electrons. The highest BCUT2D eigenvalue weighted by Crippen LogP contribution is 2.24. The number of hydrogen-bond acceptors (Lipinski definition) is 4. The first kappa shape index (κ1) is 14.3. The Bertz CT molecular complexity index is 401. The fraction of sp³-hybridized carbons (Fsp3) is 0.462. The van der Waals surface area contributed by atoms with E-state index in [1.54, 1.807) is 19.2 Å². The minimum Gasteiger partial charge on any atom is -0.505 e. The number of phenolic OH excluding ortho intramolecular Hbond substituents is 1. The molecular weight excluding hydrogens is 232 g/mol. The van der Waals surface area contributed by atoms with Gasteiger partial charge in [-0.15, -0.1) is 0 Å². The highest BCUT2D eigenvalue weighted by atomic mass is 16.5. The van der Waals surface area contributed by atoms with E-state index in [1.807, 2.05) is 6.92 Å². The zero-order valence-corrected chi connectivity index (χ0v) is 10.8. The lowest BCUT2D eigenvalue weighted by molar-refractivity contribution is 0.0889. The number of nitrogens with two attached hydrogens (primary N) is 1. The van der Waals surface area contributed by atoms with E-state index in [2.05, 4.69) is 5.32 Å². The number of methoxy groups -OCH3 is 1. The molecule has 0 heterocycles. The van der Waals surface area contributed by atoms with E-state index in [9.17, 15) is 9.90 Å². The van der Waals surface area contributed by atoms with Gasteiger partial charge >= 0.3 is 0 Å². The van der Waals surface area contributed by atoms with Crippen molar-refractivity contribution in [3.8, 4) is 5.75 Å². The van der Waals surface area contributed by atoms with Crippen molar-refractivity contribution >= 4 is 11.6 Å². The van der Waals surface area contributed by atoms with Gasteiger partial charge < -0.3 is 20.9 Å². The van der Waals surface area contributed by atoms with Crippen molar-refractivity contribution in [3.63, 3.8) is 0 Å². The number of nitrogens with one attached hydrogen (secondary N) is 1. The van der Waals surface area contributed by atoms with Crippen LogP contribution in [0, 0.1) is 0 Å². The van der Waals surface area contributed by atoms with Gasteiger partial charge in [-0.25, -0.2) is 0 Å². The molecule has 1 atom stereocenters. The summed E-state index contributed by atoms with van der Waals surface area (Å²) in [5.74, 6) is -0.516. The summed E-state index contributed by atoms with van der Waals surface area (Å²) in [6.45, 7) is 2.48. The van der Waals surface area contributed by atoms with Gasteiger partial charge in [0.25, 0.3) is 5.91 Å². The third kappa shape index (κ3) is 3.63. The molecule has 4 N–H and O–H groups in total. The van der Waals surface area contributed by atoms with Crippen LogP contribution >= 0.6 is 0 Å². The van der Waals surface area contributed by atoms with Crippen molar-refractivity contribution in [3.05, 3.63) is 23.8 Å². The van der Waals surface area contributed by atoms with E-state index in [1.165, 1.54) is 6.07 Å². The van der Waals surface area contributed by atoms with Gasteiger partial charge in [-0.05, 0) is 18.6 Å². The zero-order chi connectivity index (χ0) is 13.5. The molecule has 0 aliphatic rings. The van der Waals surface area contributed by atoms with Crippen LogP contribution in [-0.2, 0) is 4.74 Å². The number of para-hydroxylation sites is 1. The van der Waals surface area contributed by atoms with Crippen LogP contribution in [0.3, 0.4) is 0 Å². The topological polar surface area (TPSA) is 84.6 Å². The molecular formula is C13H20N2O3. The molecule has 1 aromatic rings. The largest absolute Gasteiger partial charge is 0.505 e. The quantitative estimate of drug-likeness (QED) is 0.529. The lowest BCUT2D eigenvalue weighted by atomic mass is 10.1. The maximum atomic E-state index is 12.0. The maximum absolute atomic E-state index is 12.0. The number of benzene rings is 1. The normalized spacial score (nSPS) is 12.1. The predicted molar refractivity (Wildman–Crippen MR) is 70.6 cm³/mol. The standard InChI is InChI=1S/C13H20N2O3/c1-3-5-9(8-18-2)15-13(17)10-6-4-7-11(14)12(10)16/h4,6-7,9,16H,3,5,8,14H2,1-2H3,(H,15,17). The number of anilines is 1. The molecule has 0 fully saturated rings. The Kier molecular flexibility index (Phi) is 5.45. The SMILES string of the molecule is CCCC(COC)NC(=O)c1cccc(N)c1O. The molecule has 5 heteroatoms. The average Bonchev–Trinajstić information content (AvgIpc) is 2.33. The van der Waals surface area contributed by atoms with Gasteiger partial charge in [-0.2, -0.15) is 0 Å². The van der Waals surface area contributed by atoms with Crippen LogP contribution in [-0.4, -0.2) is 30.8 Å². The highest BCUT2D eigenvalue weighted by molar-refractivity contribution is 5.98. The minimum atomic E-state index is -0.338. The second-order valence-electron chi connectivity index (χ2n) is 4.16. The van der Waals surface area contributed by atoms with Gasteiger partial charge in [0.15, 0.2) is 5.75 Å². The van der Waals surface area contributed by atoms with Crippen molar-refractivity contribution < 1.29 is 14.6 Å². The average molecular weight is 252 g/mol. The first-order valence-electron chi connectivity index (χ1n) is 5.97. The number of nitrogen functional groups attached to an aromatic ring is 1. The van der Waals surface area contributed by atoms with Gasteiger partial charge in [-0.1, -0.05) is 19.4 Å². The Labute approximate surface area is 107 Å². The van der Waals surface area contributed by atoms with Crippen LogP contribution in [0.2, 0.25) is 0 Å². The van der Waals surface area contributed by atoms with Crippen LogP contribution in [0.1, 0.15) is 30.1 Å². The van der Waals surface area contributed by atoms with Crippen molar-refractivity contribution in [2.75, 3.05) is 19.5 Å². The lowest BCUT2D eigenvalue weighted by Crippen LogP contribution is -2.38. The Balaban J connectivity index is 2.77. The molecule has 5 nitrogen and oxygen atoms in total. The van der Waals surface area contributed by atoms with Gasteiger partial charge in [0.2, 0.25) is 0 Å². The fourth-order valence-electron chi connectivity index (χ4n) is 1.75. The monoisotopic (exact) mass is 252 g/mol. The van der Waals surface area contributed by atoms with Crippen LogP contribution in [0.25, 0.3) is 0 Å². The van der Waals surface area contributed by atoms with Crippen molar-refractivity contribution in [1.29, 1.82) is 0 Å². The number of amides is 1. The molecule has 1 rings (SSSR count). The van der Waals surface area contributed by atoms with Gasteiger partial charge in [0, 0.05) is 7.11 Å². The number of aromatic hydroxyl groups is 1. The molecule has 0 bridgehead atoms.